The fourth-order valence-corrected chi connectivity index (χ4v) is 11.1. The van der Waals surface area contributed by atoms with Crippen LogP contribution >= 0.6 is 45.0 Å². The minimum Gasteiger partial charge on any atom is -0.465 e. The molecule has 61 heavy (non-hydrogen) atoms. The van der Waals surface area contributed by atoms with E-state index >= 15 is 0 Å². The van der Waals surface area contributed by atoms with Gasteiger partial charge in [-0.1, -0.05) is 34.9 Å². The standard InChI is InChI=1S/C41H47ClN6O10S3/c1-7-8-11-46(12-13-60-61-41(3,4)18-31(50)45-35-28(49)17-30(59-6)37(35)51)40(54)58-29-16-27-33(34-32(39(53)57-5)21(2)43-36(29)34)23(19-42)20-47(27)38(52)26-15-22-14-24(48(55)56)9-10-25(22)44-26/h9-10,14-16,23,30,35,43-44H,7-8,11-13,17-20H2,1-6H3,(H,45,50)/t23-,30?,35?/m1/s1. The van der Waals surface area contributed by atoms with Crippen LogP contribution in [-0.2, 0) is 19.1 Å². The highest BCUT2D eigenvalue weighted by Gasteiger charge is 2.42. The molecule has 2 aromatic carbocycles. The molecule has 2 aromatic heterocycles. The van der Waals surface area contributed by atoms with Gasteiger partial charge in [0.15, 0.2) is 17.3 Å². The number of ether oxygens (including phenoxy) is 2. The largest absolute Gasteiger partial charge is 0.465 e. The highest BCUT2D eigenvalue weighted by atomic mass is 35.5. The van der Waals surface area contributed by atoms with Crippen molar-refractivity contribution in [2.45, 2.75) is 75.3 Å². The number of non-ortho nitro benzene ring substituents is 1. The topological polar surface area (TPSA) is 214 Å². The number of aromatic nitrogens is 2. The lowest BCUT2D eigenvalue weighted by Gasteiger charge is -2.25. The van der Waals surface area contributed by atoms with Crippen LogP contribution in [0.1, 0.15) is 84.5 Å². The molecule has 326 valence electrons. The van der Waals surface area contributed by atoms with Crippen LogP contribution in [0.2, 0.25) is 0 Å². The summed E-state index contributed by atoms with van der Waals surface area (Å²) in [7, 11) is 4.19. The Morgan fingerprint density at radius 3 is 2.54 bits per heavy atom. The predicted molar refractivity (Wildman–Crippen MR) is 240 cm³/mol. The van der Waals surface area contributed by atoms with Crippen LogP contribution < -0.4 is 15.0 Å². The summed E-state index contributed by atoms with van der Waals surface area (Å²) in [6, 6.07) is 6.28. The Morgan fingerprint density at radius 2 is 1.89 bits per heavy atom. The number of carbonyl (C=O) groups is 6. The van der Waals surface area contributed by atoms with E-state index < -0.39 is 44.8 Å². The number of carbonyl (C=O) groups excluding carboxylic acids is 6. The van der Waals surface area contributed by atoms with Gasteiger partial charge in [0, 0.05) is 95.0 Å². The maximum absolute atomic E-state index is 14.3. The smallest absolute Gasteiger partial charge is 0.415 e. The molecule has 16 nitrogen and oxygen atoms in total. The molecule has 3 amide bonds. The first-order valence-electron chi connectivity index (χ1n) is 19.6. The van der Waals surface area contributed by atoms with Crippen LogP contribution in [0.3, 0.4) is 0 Å². The Bertz CT molecular complexity index is 2420. The van der Waals surface area contributed by atoms with Crippen LogP contribution in [0.15, 0.2) is 30.3 Å². The first-order valence-corrected chi connectivity index (χ1v) is 23.7. The SMILES string of the molecule is CCCCN(CCSSC(C)(C)CC(=O)NC1C(=O)CC(SC)C1=O)C(=O)Oc1cc2c(c3c(C(=O)OC)c(C)[nH]c13)[C@H](CCl)CN2C(=O)c1cc2cc([N+](=O)[O-])ccc2[nH]1. The third kappa shape index (κ3) is 9.69. The van der Waals surface area contributed by atoms with Crippen molar-refractivity contribution in [3.05, 3.63) is 63.0 Å². The summed E-state index contributed by atoms with van der Waals surface area (Å²) in [5.74, 6) is -1.80. The van der Waals surface area contributed by atoms with E-state index in [1.807, 2.05) is 20.8 Å². The summed E-state index contributed by atoms with van der Waals surface area (Å²) < 4.78 is 10.8. The van der Waals surface area contributed by atoms with Gasteiger partial charge in [0.2, 0.25) is 5.91 Å². The summed E-state index contributed by atoms with van der Waals surface area (Å²) in [6.45, 7) is 8.30. The van der Waals surface area contributed by atoms with Crippen molar-refractivity contribution in [3.63, 3.8) is 0 Å². The van der Waals surface area contributed by atoms with E-state index in [0.717, 1.165) is 6.42 Å². The molecule has 3 N–H and O–H groups in total. The van der Waals surface area contributed by atoms with E-state index in [1.165, 1.54) is 69.6 Å². The van der Waals surface area contributed by atoms with Gasteiger partial charge in [-0.25, -0.2) is 9.59 Å². The quantitative estimate of drug-likeness (QED) is 0.0178. The van der Waals surface area contributed by atoms with Crippen LogP contribution in [0.25, 0.3) is 21.8 Å². The molecular weight excluding hydrogens is 868 g/mol. The molecule has 1 saturated carbocycles. The Labute approximate surface area is 368 Å². The summed E-state index contributed by atoms with van der Waals surface area (Å²) in [5, 5.41) is 14.5. The second-order valence-electron chi connectivity index (χ2n) is 15.5. The third-order valence-electron chi connectivity index (χ3n) is 10.7. The van der Waals surface area contributed by atoms with E-state index in [0.29, 0.717) is 64.0 Å². The second kappa shape index (κ2) is 19.1. The number of nitro groups is 1. The molecule has 1 aliphatic heterocycles. The Hall–Kier alpha value is -4.72. The highest BCUT2D eigenvalue weighted by molar-refractivity contribution is 8.77. The number of unbranched alkanes of at least 4 members (excludes halogenated alkanes) is 1. The van der Waals surface area contributed by atoms with Gasteiger partial charge in [0.25, 0.3) is 11.6 Å². The van der Waals surface area contributed by atoms with Crippen LogP contribution in [0.5, 0.6) is 5.75 Å². The number of rotatable bonds is 17. The van der Waals surface area contributed by atoms with Gasteiger partial charge in [-0.3, -0.25) is 29.3 Å². The summed E-state index contributed by atoms with van der Waals surface area (Å²) in [4.78, 5) is 99.8. The average Bonchev–Trinajstić information content (AvgIpc) is 3.98. The number of thioether (sulfide) groups is 1. The van der Waals surface area contributed by atoms with Gasteiger partial charge in [0.1, 0.15) is 11.7 Å². The number of esters is 1. The van der Waals surface area contributed by atoms with Gasteiger partial charge >= 0.3 is 12.1 Å². The molecule has 2 aliphatic rings. The normalized spacial score (nSPS) is 17.6. The third-order valence-corrected chi connectivity index (χ3v) is 15.3. The number of hydrogen-bond donors (Lipinski definition) is 3. The maximum atomic E-state index is 14.3. The lowest BCUT2D eigenvalue weighted by Crippen LogP contribution is -2.44. The van der Waals surface area contributed by atoms with Crippen LogP contribution in [0, 0.1) is 17.0 Å². The highest BCUT2D eigenvalue weighted by Crippen LogP contribution is 2.48. The number of methoxy groups -OCH3 is 1. The zero-order chi connectivity index (χ0) is 44.3. The van der Waals surface area contributed by atoms with Gasteiger partial charge in [-0.05, 0) is 51.1 Å². The number of Topliss-reactive ketones (excluding diaryl/α,β-unsaturated/α-hetero) is 2. The number of fused-ring (bicyclic) bond motifs is 4. The van der Waals surface area contributed by atoms with E-state index in [9.17, 15) is 38.9 Å². The number of H-pyrrole nitrogens is 2. The van der Waals surface area contributed by atoms with Crippen molar-refractivity contribution >= 4 is 114 Å². The molecule has 3 atom stereocenters. The van der Waals surface area contributed by atoms with Crippen LogP contribution in [-0.4, -0.2) is 116 Å². The molecule has 0 radical (unpaired) electrons. The molecule has 1 fully saturated rings. The number of aryl methyl sites for hydroxylation is 1. The number of nitrogens with zero attached hydrogens (tertiary/aromatic N) is 3. The Morgan fingerprint density at radius 1 is 1.13 bits per heavy atom. The van der Waals surface area contributed by atoms with Gasteiger partial charge < -0.3 is 34.6 Å². The molecular formula is C41H47ClN6O10S3. The van der Waals surface area contributed by atoms with Crippen molar-refractivity contribution < 1.29 is 43.2 Å². The van der Waals surface area contributed by atoms with E-state index in [4.69, 9.17) is 21.1 Å². The molecule has 0 saturated heterocycles. The summed E-state index contributed by atoms with van der Waals surface area (Å²) in [5.41, 5.74) is 2.59. The van der Waals surface area contributed by atoms with E-state index in [2.05, 4.69) is 15.3 Å². The number of hydrogen-bond acceptors (Lipinski definition) is 13. The van der Waals surface area contributed by atoms with Gasteiger partial charge in [0.05, 0.1) is 34.1 Å². The second-order valence-corrected chi connectivity index (χ2v) is 20.0. The minimum atomic E-state index is -1.11. The molecule has 0 spiro atoms. The van der Waals surface area contributed by atoms with Crippen molar-refractivity contribution in [1.29, 1.82) is 0 Å². The number of anilines is 1. The average molecular weight is 916 g/mol. The van der Waals surface area contributed by atoms with Crippen LogP contribution in [0.4, 0.5) is 16.2 Å². The lowest BCUT2D eigenvalue weighted by atomic mass is 9.95. The van der Waals surface area contributed by atoms with Gasteiger partial charge in [-0.15, -0.1) is 11.6 Å². The van der Waals surface area contributed by atoms with E-state index in [1.54, 1.807) is 24.1 Å². The first-order chi connectivity index (χ1) is 29.0. The molecule has 2 unspecified atom stereocenters. The minimum absolute atomic E-state index is 0.0671. The monoisotopic (exact) mass is 914 g/mol. The predicted octanol–water partition coefficient (Wildman–Crippen LogP) is 7.54. The number of nitrogens with one attached hydrogen (secondary N) is 3. The van der Waals surface area contributed by atoms with Crippen molar-refractivity contribution in [1.82, 2.24) is 20.2 Å². The number of benzene rings is 2. The number of nitro benzene ring substituents is 1. The van der Waals surface area contributed by atoms with Crippen molar-refractivity contribution in [2.75, 3.05) is 49.5 Å². The van der Waals surface area contributed by atoms with E-state index in [-0.39, 0.29) is 65.4 Å². The fraction of sp³-hybridized carbons (Fsp3) is 0.463. The number of aromatic amines is 2. The molecule has 3 heterocycles. The first kappa shape index (κ1) is 45.8. The summed E-state index contributed by atoms with van der Waals surface area (Å²) >= 11 is 7.84. The molecule has 4 aromatic rings. The lowest BCUT2D eigenvalue weighted by molar-refractivity contribution is -0.384. The number of alkyl halides is 1. The fourth-order valence-electron chi connectivity index (χ4n) is 7.65. The Kier molecular flexibility index (Phi) is 14.4. The number of amides is 3. The van der Waals surface area contributed by atoms with Gasteiger partial charge in [-0.2, -0.15) is 11.8 Å². The molecule has 0 bridgehead atoms. The van der Waals surface area contributed by atoms with Crippen molar-refractivity contribution in [2.24, 2.45) is 0 Å². The maximum Gasteiger partial charge on any atom is 0.415 e. The summed E-state index contributed by atoms with van der Waals surface area (Å²) in [6.07, 6.45) is 2.79. The molecule has 20 heteroatoms. The zero-order valence-corrected chi connectivity index (χ0v) is 37.7. The zero-order valence-electron chi connectivity index (χ0n) is 34.5. The molecule has 6 rings (SSSR count). The number of ketones is 2. The molecule has 1 aliphatic carbocycles. The Balaban J connectivity index is 1.23. The van der Waals surface area contributed by atoms with Crippen molar-refractivity contribution in [3.8, 4) is 5.75 Å². The number of halogens is 1.